The van der Waals surface area contributed by atoms with Crippen molar-refractivity contribution >= 4 is 24.2 Å². The maximum absolute atomic E-state index is 12.4. The molecule has 128 valence electrons. The van der Waals surface area contributed by atoms with Crippen molar-refractivity contribution in [1.29, 1.82) is 0 Å². The summed E-state index contributed by atoms with van der Waals surface area (Å²) >= 11 is 0. The van der Waals surface area contributed by atoms with E-state index in [2.05, 4.69) is 5.32 Å². The van der Waals surface area contributed by atoms with Crippen molar-refractivity contribution in [3.05, 3.63) is 0 Å². The highest BCUT2D eigenvalue weighted by Crippen LogP contribution is 2.26. The maximum Gasteiger partial charge on any atom is 0.239 e. The van der Waals surface area contributed by atoms with Gasteiger partial charge >= 0.3 is 0 Å². The molecule has 1 aliphatic heterocycles. The number of likely N-dealkylation sites (tertiary alicyclic amines) is 1. The molecule has 2 unspecified atom stereocenters. The fourth-order valence-electron chi connectivity index (χ4n) is 3.25. The third kappa shape index (κ3) is 5.11. The van der Waals surface area contributed by atoms with Gasteiger partial charge in [-0.05, 0) is 19.3 Å². The van der Waals surface area contributed by atoms with Crippen LogP contribution < -0.4 is 11.1 Å². The Kier molecular flexibility index (Phi) is 8.14. The number of hydrogen-bond donors (Lipinski definition) is 2. The van der Waals surface area contributed by atoms with Crippen LogP contribution in [0.2, 0.25) is 0 Å². The van der Waals surface area contributed by atoms with Gasteiger partial charge in [0.15, 0.2) is 0 Å². The van der Waals surface area contributed by atoms with Crippen molar-refractivity contribution in [2.24, 2.45) is 11.7 Å². The summed E-state index contributed by atoms with van der Waals surface area (Å²) in [5.41, 5.74) is 5.70. The first-order valence-electron chi connectivity index (χ1n) is 7.95. The van der Waals surface area contributed by atoms with Crippen molar-refractivity contribution in [2.45, 2.75) is 50.6 Å². The zero-order chi connectivity index (χ0) is 15.2. The molecule has 0 aromatic rings. The average Bonchev–Trinajstić information content (AvgIpc) is 2.96. The monoisotopic (exact) mass is 333 g/mol. The van der Waals surface area contributed by atoms with E-state index in [0.717, 1.165) is 38.6 Å². The quantitative estimate of drug-likeness (QED) is 0.775. The number of nitrogens with zero attached hydrogens (tertiary/aromatic N) is 1. The number of carbonyl (C=O) groups excluding carboxylic acids is 2. The minimum Gasteiger partial charge on any atom is -0.383 e. The molecule has 0 radical (unpaired) electrons. The lowest BCUT2D eigenvalue weighted by atomic mass is 9.88. The van der Waals surface area contributed by atoms with Gasteiger partial charge in [-0.1, -0.05) is 19.3 Å². The van der Waals surface area contributed by atoms with Crippen LogP contribution in [-0.4, -0.2) is 55.6 Å². The topological polar surface area (TPSA) is 84.7 Å². The number of amides is 2. The van der Waals surface area contributed by atoms with Crippen LogP contribution in [0, 0.1) is 5.92 Å². The lowest BCUT2D eigenvalue weighted by molar-refractivity contribution is -0.135. The van der Waals surface area contributed by atoms with Crippen LogP contribution in [0.3, 0.4) is 0 Å². The van der Waals surface area contributed by atoms with Crippen molar-refractivity contribution < 1.29 is 14.3 Å². The largest absolute Gasteiger partial charge is 0.383 e. The van der Waals surface area contributed by atoms with Crippen molar-refractivity contribution in [2.75, 3.05) is 26.8 Å². The summed E-state index contributed by atoms with van der Waals surface area (Å²) in [5.74, 6) is 0.269. The maximum atomic E-state index is 12.4. The van der Waals surface area contributed by atoms with E-state index in [-0.39, 0.29) is 42.8 Å². The molecule has 0 spiro atoms. The molecule has 0 bridgehead atoms. The summed E-state index contributed by atoms with van der Waals surface area (Å²) in [6, 6.07) is -0.619. The Labute approximate surface area is 138 Å². The molecule has 2 fully saturated rings. The van der Waals surface area contributed by atoms with Crippen LogP contribution >= 0.6 is 12.4 Å². The van der Waals surface area contributed by atoms with Crippen LogP contribution in [0.1, 0.15) is 38.5 Å². The van der Waals surface area contributed by atoms with Crippen molar-refractivity contribution in [1.82, 2.24) is 10.2 Å². The van der Waals surface area contributed by atoms with E-state index < -0.39 is 6.04 Å². The molecule has 3 N–H and O–H groups in total. The molecule has 2 aliphatic rings. The van der Waals surface area contributed by atoms with Crippen LogP contribution in [0.5, 0.6) is 0 Å². The van der Waals surface area contributed by atoms with Gasteiger partial charge in [0.25, 0.3) is 0 Å². The average molecular weight is 334 g/mol. The summed E-state index contributed by atoms with van der Waals surface area (Å²) in [6.45, 7) is 1.56. The molecule has 2 amide bonds. The Morgan fingerprint density at radius 2 is 1.95 bits per heavy atom. The van der Waals surface area contributed by atoms with Crippen LogP contribution in [0.4, 0.5) is 0 Å². The van der Waals surface area contributed by atoms with Gasteiger partial charge in [0.2, 0.25) is 11.8 Å². The van der Waals surface area contributed by atoms with E-state index >= 15 is 0 Å². The molecule has 2 atom stereocenters. The number of nitrogens with two attached hydrogens (primary N) is 1. The Hall–Kier alpha value is -0.850. The normalized spacial score (nSPS) is 23.7. The molecular formula is C15H28ClN3O3. The second-order valence-corrected chi connectivity index (χ2v) is 6.18. The number of carbonyl (C=O) groups is 2. The fraction of sp³-hybridized carbons (Fsp3) is 0.867. The number of rotatable bonds is 5. The second kappa shape index (κ2) is 9.33. The molecule has 0 aromatic carbocycles. The third-order valence-electron chi connectivity index (χ3n) is 4.48. The first-order chi connectivity index (χ1) is 10.1. The number of methoxy groups -OCH3 is 1. The lowest BCUT2D eigenvalue weighted by Gasteiger charge is -2.26. The van der Waals surface area contributed by atoms with Gasteiger partial charge in [0.1, 0.15) is 6.04 Å². The second-order valence-electron chi connectivity index (χ2n) is 6.18. The fourth-order valence-corrected chi connectivity index (χ4v) is 3.25. The lowest BCUT2D eigenvalue weighted by Crippen LogP contribution is -2.48. The summed E-state index contributed by atoms with van der Waals surface area (Å²) in [5, 5.41) is 2.91. The number of nitrogens with one attached hydrogen (secondary N) is 1. The smallest absolute Gasteiger partial charge is 0.239 e. The standard InChI is InChI=1S/C15H27N3O3.ClH/c1-21-10-13(16)14(19)17-12-7-8-18(9-12)15(20)11-5-3-2-4-6-11;/h11-13H,2-10,16H2,1H3,(H,17,19);1H. The van der Waals surface area contributed by atoms with Crippen LogP contribution in [0.25, 0.3) is 0 Å². The summed E-state index contributed by atoms with van der Waals surface area (Å²) < 4.78 is 4.88. The Balaban J connectivity index is 0.00000242. The van der Waals surface area contributed by atoms with E-state index in [9.17, 15) is 9.59 Å². The highest BCUT2D eigenvalue weighted by Gasteiger charge is 2.32. The Bertz CT molecular complexity index is 375. The first kappa shape index (κ1) is 19.2. The molecule has 22 heavy (non-hydrogen) atoms. The summed E-state index contributed by atoms with van der Waals surface area (Å²) in [4.78, 5) is 26.2. The molecule has 0 aromatic heterocycles. The van der Waals surface area contributed by atoms with Crippen molar-refractivity contribution in [3.8, 4) is 0 Å². The van der Waals surface area contributed by atoms with E-state index in [1.807, 2.05) is 4.90 Å². The zero-order valence-electron chi connectivity index (χ0n) is 13.3. The first-order valence-corrected chi connectivity index (χ1v) is 7.95. The minimum absolute atomic E-state index is 0. The predicted molar refractivity (Wildman–Crippen MR) is 86.8 cm³/mol. The number of ether oxygens (including phenoxy) is 1. The van der Waals surface area contributed by atoms with Gasteiger partial charge in [-0.25, -0.2) is 0 Å². The van der Waals surface area contributed by atoms with Crippen LogP contribution in [-0.2, 0) is 14.3 Å². The highest BCUT2D eigenvalue weighted by atomic mass is 35.5. The van der Waals surface area contributed by atoms with Gasteiger partial charge in [-0.2, -0.15) is 0 Å². The summed E-state index contributed by atoms with van der Waals surface area (Å²) in [7, 11) is 1.52. The van der Waals surface area contributed by atoms with E-state index in [4.69, 9.17) is 10.5 Å². The SMILES string of the molecule is COCC(N)C(=O)NC1CCN(C(=O)C2CCCCC2)C1.Cl. The molecular weight excluding hydrogens is 306 g/mol. The van der Waals surface area contributed by atoms with Crippen molar-refractivity contribution in [3.63, 3.8) is 0 Å². The van der Waals surface area contributed by atoms with Gasteiger partial charge < -0.3 is 20.7 Å². The molecule has 1 heterocycles. The molecule has 7 heteroatoms. The number of hydrogen-bond acceptors (Lipinski definition) is 4. The van der Waals surface area contributed by atoms with E-state index in [1.165, 1.54) is 13.5 Å². The van der Waals surface area contributed by atoms with Crippen LogP contribution in [0.15, 0.2) is 0 Å². The van der Waals surface area contributed by atoms with E-state index in [0.29, 0.717) is 6.54 Å². The molecule has 6 nitrogen and oxygen atoms in total. The molecule has 1 saturated carbocycles. The molecule has 1 saturated heterocycles. The third-order valence-corrected chi connectivity index (χ3v) is 4.48. The van der Waals surface area contributed by atoms with E-state index in [1.54, 1.807) is 0 Å². The Morgan fingerprint density at radius 1 is 1.27 bits per heavy atom. The van der Waals surface area contributed by atoms with Gasteiger partial charge in [0, 0.05) is 32.2 Å². The predicted octanol–water partition coefficient (Wildman–Crippen LogP) is 0.679. The minimum atomic E-state index is -0.641. The van der Waals surface area contributed by atoms with Gasteiger partial charge in [-0.15, -0.1) is 12.4 Å². The number of halogens is 1. The zero-order valence-corrected chi connectivity index (χ0v) is 14.1. The molecule has 1 aliphatic carbocycles. The van der Waals surface area contributed by atoms with Gasteiger partial charge in [0.05, 0.1) is 6.61 Å². The summed E-state index contributed by atoms with van der Waals surface area (Å²) in [6.07, 6.45) is 6.42. The highest BCUT2D eigenvalue weighted by molar-refractivity contribution is 5.85. The molecule has 2 rings (SSSR count). The van der Waals surface area contributed by atoms with Gasteiger partial charge in [-0.3, -0.25) is 9.59 Å². The Morgan fingerprint density at radius 3 is 2.59 bits per heavy atom.